The highest BCUT2D eigenvalue weighted by molar-refractivity contribution is 6.28. The molecule has 0 atom stereocenters. The number of imidazole rings is 1. The van der Waals surface area contributed by atoms with Crippen LogP contribution in [0, 0.1) is 6.92 Å². The topological polar surface area (TPSA) is 28.7 Å². The molecule has 0 amide bonds. The average Bonchev–Trinajstić information content (AvgIpc) is 2.13. The van der Waals surface area contributed by atoms with Crippen LogP contribution >= 0.6 is 11.6 Å². The fourth-order valence-electron chi connectivity index (χ4n) is 0.756. The first-order valence-electron chi connectivity index (χ1n) is 3.09. The Kier molecular flexibility index (Phi) is 2.12. The van der Waals surface area contributed by atoms with Crippen molar-refractivity contribution in [3.05, 3.63) is 22.7 Å². The molecule has 0 aromatic carbocycles. The summed E-state index contributed by atoms with van der Waals surface area (Å²) in [6, 6.07) is 0. The number of hydrogen-bond acceptors (Lipinski definition) is 1. The Hall–Kier alpha value is -0.760. The summed E-state index contributed by atoms with van der Waals surface area (Å²) in [6.45, 7) is 3.89. The Balaban J connectivity index is 3.03. The normalized spacial score (nSPS) is 11.1. The van der Waals surface area contributed by atoms with Crippen molar-refractivity contribution in [3.63, 3.8) is 0 Å². The van der Waals surface area contributed by atoms with Gasteiger partial charge in [0.05, 0.1) is 5.69 Å². The highest BCUT2D eigenvalue weighted by Crippen LogP contribution is 2.09. The lowest BCUT2D eigenvalue weighted by atomic mass is 10.3. The molecule has 10 heavy (non-hydrogen) atoms. The van der Waals surface area contributed by atoms with Gasteiger partial charge in [-0.15, -0.1) is 0 Å². The molecule has 0 aliphatic heterocycles. The van der Waals surface area contributed by atoms with Crippen LogP contribution in [0.1, 0.15) is 18.3 Å². The number of allylic oxidation sites excluding steroid dienone is 1. The van der Waals surface area contributed by atoms with Gasteiger partial charge in [-0.2, -0.15) is 0 Å². The third kappa shape index (κ3) is 1.39. The van der Waals surface area contributed by atoms with Gasteiger partial charge in [0.15, 0.2) is 0 Å². The second kappa shape index (κ2) is 2.88. The Morgan fingerprint density at radius 2 is 2.30 bits per heavy atom. The van der Waals surface area contributed by atoms with E-state index in [1.807, 2.05) is 26.0 Å². The first kappa shape index (κ1) is 7.35. The summed E-state index contributed by atoms with van der Waals surface area (Å²) in [4.78, 5) is 6.92. The maximum atomic E-state index is 5.60. The standard InChI is InChI=1S/C7H9ClN2/c1-3-4-6-5(2)9-7(8)10-6/h3-4H,1-2H3,(H,9,10). The molecule has 1 rings (SSSR count). The van der Waals surface area contributed by atoms with E-state index in [2.05, 4.69) is 9.97 Å². The molecule has 0 unspecified atom stereocenters. The molecular weight excluding hydrogens is 148 g/mol. The quantitative estimate of drug-likeness (QED) is 0.665. The number of rotatable bonds is 1. The predicted molar refractivity (Wildman–Crippen MR) is 43.0 cm³/mol. The monoisotopic (exact) mass is 156 g/mol. The molecule has 0 saturated heterocycles. The lowest BCUT2D eigenvalue weighted by molar-refractivity contribution is 1.25. The zero-order valence-corrected chi connectivity index (χ0v) is 6.74. The van der Waals surface area contributed by atoms with Crippen molar-refractivity contribution in [2.75, 3.05) is 0 Å². The SMILES string of the molecule is CC=Cc1nc(Cl)[nH]c1C. The smallest absolute Gasteiger partial charge is 0.200 e. The van der Waals surface area contributed by atoms with Crippen LogP contribution in [-0.2, 0) is 0 Å². The fraction of sp³-hybridized carbons (Fsp3) is 0.286. The van der Waals surface area contributed by atoms with E-state index in [1.165, 1.54) is 0 Å². The van der Waals surface area contributed by atoms with E-state index in [0.717, 1.165) is 11.4 Å². The molecule has 0 spiro atoms. The van der Waals surface area contributed by atoms with E-state index in [0.29, 0.717) is 5.28 Å². The first-order chi connectivity index (χ1) is 4.74. The van der Waals surface area contributed by atoms with Gasteiger partial charge in [0.1, 0.15) is 0 Å². The zero-order chi connectivity index (χ0) is 7.56. The molecule has 0 saturated carbocycles. The van der Waals surface area contributed by atoms with E-state index < -0.39 is 0 Å². The Morgan fingerprint density at radius 1 is 1.60 bits per heavy atom. The molecule has 1 N–H and O–H groups in total. The molecule has 54 valence electrons. The first-order valence-corrected chi connectivity index (χ1v) is 3.46. The predicted octanol–water partition coefficient (Wildman–Crippen LogP) is 2.40. The summed E-state index contributed by atoms with van der Waals surface area (Å²) in [5, 5.41) is 0.450. The number of nitrogens with zero attached hydrogens (tertiary/aromatic N) is 1. The summed E-state index contributed by atoms with van der Waals surface area (Å²) in [7, 11) is 0. The number of aryl methyl sites for hydroxylation is 1. The summed E-state index contributed by atoms with van der Waals surface area (Å²) in [5.74, 6) is 0. The number of hydrogen-bond donors (Lipinski definition) is 1. The van der Waals surface area contributed by atoms with Crippen LogP contribution in [0.5, 0.6) is 0 Å². The van der Waals surface area contributed by atoms with Crippen LogP contribution in [0.2, 0.25) is 5.28 Å². The van der Waals surface area contributed by atoms with Crippen LogP contribution in [0.4, 0.5) is 0 Å². The second-order valence-electron chi connectivity index (χ2n) is 2.04. The maximum Gasteiger partial charge on any atom is 0.200 e. The highest BCUT2D eigenvalue weighted by Gasteiger charge is 1.98. The van der Waals surface area contributed by atoms with E-state index in [1.54, 1.807) is 0 Å². The summed E-state index contributed by atoms with van der Waals surface area (Å²) in [6.07, 6.45) is 3.84. The van der Waals surface area contributed by atoms with Gasteiger partial charge in [-0.25, -0.2) is 4.98 Å². The number of H-pyrrole nitrogens is 1. The molecule has 1 aromatic heterocycles. The molecule has 0 aliphatic rings. The fourth-order valence-corrected chi connectivity index (χ4v) is 0.989. The van der Waals surface area contributed by atoms with Gasteiger partial charge in [-0.3, -0.25) is 0 Å². The van der Waals surface area contributed by atoms with Gasteiger partial charge < -0.3 is 4.98 Å². The van der Waals surface area contributed by atoms with Crippen molar-refractivity contribution in [1.29, 1.82) is 0 Å². The Bertz CT molecular complexity index is 250. The van der Waals surface area contributed by atoms with E-state index in [-0.39, 0.29) is 0 Å². The van der Waals surface area contributed by atoms with E-state index in [4.69, 9.17) is 11.6 Å². The number of aromatic nitrogens is 2. The van der Waals surface area contributed by atoms with Gasteiger partial charge in [0.2, 0.25) is 5.28 Å². The van der Waals surface area contributed by atoms with Crippen molar-refractivity contribution < 1.29 is 0 Å². The number of halogens is 1. The minimum absolute atomic E-state index is 0.450. The van der Waals surface area contributed by atoms with Gasteiger partial charge >= 0.3 is 0 Å². The largest absolute Gasteiger partial charge is 0.332 e. The van der Waals surface area contributed by atoms with Crippen molar-refractivity contribution in [1.82, 2.24) is 9.97 Å². The molecule has 1 heterocycles. The third-order valence-corrected chi connectivity index (χ3v) is 1.40. The highest BCUT2D eigenvalue weighted by atomic mass is 35.5. The van der Waals surface area contributed by atoms with Crippen LogP contribution in [0.25, 0.3) is 6.08 Å². The van der Waals surface area contributed by atoms with Crippen molar-refractivity contribution >= 4 is 17.7 Å². The summed E-state index contributed by atoms with van der Waals surface area (Å²) < 4.78 is 0. The molecule has 0 fully saturated rings. The summed E-state index contributed by atoms with van der Waals surface area (Å²) >= 11 is 5.60. The van der Waals surface area contributed by atoms with Crippen LogP contribution in [-0.4, -0.2) is 9.97 Å². The molecule has 2 nitrogen and oxygen atoms in total. The van der Waals surface area contributed by atoms with Crippen LogP contribution in [0.15, 0.2) is 6.08 Å². The number of aromatic amines is 1. The number of nitrogens with one attached hydrogen (secondary N) is 1. The second-order valence-corrected chi connectivity index (χ2v) is 2.40. The van der Waals surface area contributed by atoms with Gasteiger partial charge in [-0.05, 0) is 31.5 Å². The maximum absolute atomic E-state index is 5.60. The average molecular weight is 157 g/mol. The molecule has 0 bridgehead atoms. The molecule has 1 aromatic rings. The molecule has 0 radical (unpaired) electrons. The molecular formula is C7H9ClN2. The lowest BCUT2D eigenvalue weighted by Crippen LogP contribution is -1.73. The van der Waals surface area contributed by atoms with Crippen molar-refractivity contribution in [3.8, 4) is 0 Å². The van der Waals surface area contributed by atoms with Crippen molar-refractivity contribution in [2.24, 2.45) is 0 Å². The lowest BCUT2D eigenvalue weighted by Gasteiger charge is -1.83. The van der Waals surface area contributed by atoms with Gasteiger partial charge in [-0.1, -0.05) is 6.08 Å². The minimum Gasteiger partial charge on any atom is -0.332 e. The van der Waals surface area contributed by atoms with Crippen LogP contribution in [0.3, 0.4) is 0 Å². The summed E-state index contributed by atoms with van der Waals surface area (Å²) in [5.41, 5.74) is 1.91. The van der Waals surface area contributed by atoms with Gasteiger partial charge in [0.25, 0.3) is 0 Å². The van der Waals surface area contributed by atoms with E-state index >= 15 is 0 Å². The Labute approximate surface area is 64.9 Å². The van der Waals surface area contributed by atoms with Crippen molar-refractivity contribution in [2.45, 2.75) is 13.8 Å². The molecule has 0 aliphatic carbocycles. The minimum atomic E-state index is 0.450. The Morgan fingerprint density at radius 3 is 2.70 bits per heavy atom. The van der Waals surface area contributed by atoms with E-state index in [9.17, 15) is 0 Å². The van der Waals surface area contributed by atoms with Gasteiger partial charge in [0, 0.05) is 5.69 Å². The zero-order valence-electron chi connectivity index (χ0n) is 5.98. The van der Waals surface area contributed by atoms with Crippen LogP contribution < -0.4 is 0 Å². The molecule has 3 heteroatoms. The third-order valence-electron chi connectivity index (χ3n) is 1.22.